The molecular weight excluding hydrogens is 338 g/mol. The van der Waals surface area contributed by atoms with Crippen molar-refractivity contribution < 1.29 is 24.0 Å². The Hall–Kier alpha value is -2.90. The largest absolute Gasteiger partial charge is 0.485 e. The lowest BCUT2D eigenvalue weighted by atomic mass is 10.1. The van der Waals surface area contributed by atoms with Crippen LogP contribution >= 0.6 is 0 Å². The number of rotatable bonds is 9. The van der Waals surface area contributed by atoms with E-state index in [1.54, 1.807) is 36.1 Å². The van der Waals surface area contributed by atoms with Crippen LogP contribution in [0.5, 0.6) is 5.75 Å². The highest BCUT2D eigenvalue weighted by atomic mass is 16.5. The molecule has 0 aliphatic heterocycles. The molecule has 0 fully saturated rings. The molecule has 2 aromatic rings. The number of nitrogens with zero attached hydrogens (tertiary/aromatic N) is 3. The Kier molecular flexibility index (Phi) is 6.71. The Morgan fingerprint density at radius 1 is 1.35 bits per heavy atom. The quantitative estimate of drug-likeness (QED) is 0.731. The molecule has 0 saturated carbocycles. The van der Waals surface area contributed by atoms with Crippen LogP contribution in [0, 0.1) is 12.8 Å². The van der Waals surface area contributed by atoms with Crippen LogP contribution in [0.1, 0.15) is 42.3 Å². The molecule has 8 heteroatoms. The average Bonchev–Trinajstić information content (AvgIpc) is 3.01. The Morgan fingerprint density at radius 3 is 2.73 bits per heavy atom. The van der Waals surface area contributed by atoms with E-state index in [1.807, 2.05) is 13.8 Å². The van der Waals surface area contributed by atoms with Crippen LogP contribution in [0.15, 0.2) is 28.8 Å². The fraction of sp³-hybridized carbons (Fsp3) is 0.444. The van der Waals surface area contributed by atoms with E-state index in [9.17, 15) is 9.59 Å². The minimum atomic E-state index is -0.931. The Balaban J connectivity index is 2.07. The minimum Gasteiger partial charge on any atom is -0.485 e. The number of amides is 1. The zero-order chi connectivity index (χ0) is 19.1. The number of carboxylic acids is 1. The molecule has 0 bridgehead atoms. The SMILES string of the molecule is Cc1nc(COc2cccc(C(=O)N(CCC(=O)O)CC(C)C)c2)no1. The van der Waals surface area contributed by atoms with Gasteiger partial charge in [0.25, 0.3) is 5.91 Å². The number of aromatic nitrogens is 2. The van der Waals surface area contributed by atoms with Gasteiger partial charge in [-0.1, -0.05) is 25.1 Å². The number of carbonyl (C=O) groups is 2. The smallest absolute Gasteiger partial charge is 0.305 e. The third-order valence-corrected chi connectivity index (χ3v) is 3.49. The Bertz CT molecular complexity index is 757. The first-order valence-corrected chi connectivity index (χ1v) is 8.38. The third kappa shape index (κ3) is 5.87. The van der Waals surface area contributed by atoms with E-state index in [0.29, 0.717) is 29.6 Å². The fourth-order valence-electron chi connectivity index (χ4n) is 2.40. The van der Waals surface area contributed by atoms with Crippen molar-refractivity contribution in [2.75, 3.05) is 13.1 Å². The molecule has 0 unspecified atom stereocenters. The Labute approximate surface area is 151 Å². The summed E-state index contributed by atoms with van der Waals surface area (Å²) in [5.41, 5.74) is 0.442. The lowest BCUT2D eigenvalue weighted by Crippen LogP contribution is -2.36. The van der Waals surface area contributed by atoms with Crippen molar-refractivity contribution in [1.29, 1.82) is 0 Å². The van der Waals surface area contributed by atoms with Crippen molar-refractivity contribution in [2.45, 2.75) is 33.8 Å². The van der Waals surface area contributed by atoms with Gasteiger partial charge in [-0.25, -0.2) is 0 Å². The number of aryl methyl sites for hydroxylation is 1. The van der Waals surface area contributed by atoms with E-state index in [2.05, 4.69) is 10.1 Å². The summed E-state index contributed by atoms with van der Waals surface area (Å²) in [6, 6.07) is 6.76. The fourth-order valence-corrected chi connectivity index (χ4v) is 2.40. The van der Waals surface area contributed by atoms with Crippen molar-refractivity contribution in [3.63, 3.8) is 0 Å². The van der Waals surface area contributed by atoms with Gasteiger partial charge in [0.15, 0.2) is 6.61 Å². The van der Waals surface area contributed by atoms with Gasteiger partial charge in [0.1, 0.15) is 5.75 Å². The highest BCUT2D eigenvalue weighted by Gasteiger charge is 2.18. The molecule has 1 aromatic heterocycles. The Morgan fingerprint density at radius 2 is 2.12 bits per heavy atom. The molecule has 2 rings (SSSR count). The molecule has 1 amide bonds. The maximum Gasteiger partial charge on any atom is 0.305 e. The van der Waals surface area contributed by atoms with Crippen LogP contribution in [0.3, 0.4) is 0 Å². The third-order valence-electron chi connectivity index (χ3n) is 3.49. The normalized spacial score (nSPS) is 10.8. The summed E-state index contributed by atoms with van der Waals surface area (Å²) in [6.45, 7) is 6.43. The van der Waals surface area contributed by atoms with Crippen LogP contribution < -0.4 is 4.74 Å². The zero-order valence-corrected chi connectivity index (χ0v) is 15.1. The van der Waals surface area contributed by atoms with E-state index in [1.165, 1.54) is 0 Å². The van der Waals surface area contributed by atoms with Gasteiger partial charge >= 0.3 is 5.97 Å². The van der Waals surface area contributed by atoms with E-state index < -0.39 is 5.97 Å². The molecule has 0 aliphatic carbocycles. The first-order chi connectivity index (χ1) is 12.3. The van der Waals surface area contributed by atoms with Gasteiger partial charge in [-0.3, -0.25) is 9.59 Å². The molecule has 1 N–H and O–H groups in total. The topological polar surface area (TPSA) is 106 Å². The van der Waals surface area contributed by atoms with Crippen LogP contribution in [0.4, 0.5) is 0 Å². The number of carboxylic acid groups (broad SMARTS) is 1. The summed E-state index contributed by atoms with van der Waals surface area (Å²) in [5, 5.41) is 12.6. The second-order valence-corrected chi connectivity index (χ2v) is 6.33. The highest BCUT2D eigenvalue weighted by Crippen LogP contribution is 2.17. The predicted octanol–water partition coefficient (Wildman–Crippen LogP) is 2.53. The van der Waals surface area contributed by atoms with Gasteiger partial charge in [0, 0.05) is 25.6 Å². The molecule has 140 valence electrons. The second kappa shape index (κ2) is 8.98. The van der Waals surface area contributed by atoms with Crippen molar-refractivity contribution in [1.82, 2.24) is 15.0 Å². The van der Waals surface area contributed by atoms with Gasteiger partial charge < -0.3 is 19.3 Å². The highest BCUT2D eigenvalue weighted by molar-refractivity contribution is 5.94. The van der Waals surface area contributed by atoms with Crippen LogP contribution in [-0.4, -0.2) is 45.1 Å². The average molecular weight is 361 g/mol. The van der Waals surface area contributed by atoms with Gasteiger partial charge in [0.05, 0.1) is 6.42 Å². The summed E-state index contributed by atoms with van der Waals surface area (Å²) in [4.78, 5) is 29.2. The summed E-state index contributed by atoms with van der Waals surface area (Å²) in [6.07, 6.45) is -0.0914. The first kappa shape index (κ1) is 19.4. The molecule has 0 radical (unpaired) electrons. The number of benzene rings is 1. The molecule has 1 heterocycles. The maximum atomic E-state index is 12.8. The van der Waals surface area contributed by atoms with E-state index >= 15 is 0 Å². The molecule has 0 spiro atoms. The maximum absolute atomic E-state index is 12.8. The van der Waals surface area contributed by atoms with Crippen LogP contribution in [-0.2, 0) is 11.4 Å². The van der Waals surface area contributed by atoms with Gasteiger partial charge in [-0.2, -0.15) is 4.98 Å². The summed E-state index contributed by atoms with van der Waals surface area (Å²) in [7, 11) is 0. The van der Waals surface area contributed by atoms with Crippen molar-refractivity contribution in [3.8, 4) is 5.75 Å². The van der Waals surface area contributed by atoms with Gasteiger partial charge in [0.2, 0.25) is 11.7 Å². The molecule has 0 saturated heterocycles. The molecule has 0 atom stereocenters. The number of aliphatic carboxylic acids is 1. The zero-order valence-electron chi connectivity index (χ0n) is 15.1. The van der Waals surface area contributed by atoms with E-state index in [0.717, 1.165) is 0 Å². The number of hydrogen-bond acceptors (Lipinski definition) is 6. The van der Waals surface area contributed by atoms with E-state index in [-0.39, 0.29) is 31.4 Å². The first-order valence-electron chi connectivity index (χ1n) is 8.38. The lowest BCUT2D eigenvalue weighted by molar-refractivity contribution is -0.137. The van der Waals surface area contributed by atoms with Gasteiger partial charge in [-0.15, -0.1) is 0 Å². The van der Waals surface area contributed by atoms with Crippen molar-refractivity contribution in [2.24, 2.45) is 5.92 Å². The molecule has 26 heavy (non-hydrogen) atoms. The molecule has 8 nitrogen and oxygen atoms in total. The standard InChI is InChI=1S/C18H23N3O5/c1-12(2)10-21(8-7-17(22)23)18(24)14-5-4-6-15(9-14)25-11-16-19-13(3)26-20-16/h4-6,9,12H,7-8,10-11H2,1-3H3,(H,22,23). The minimum absolute atomic E-state index is 0.0914. The second-order valence-electron chi connectivity index (χ2n) is 6.33. The van der Waals surface area contributed by atoms with Crippen LogP contribution in [0.25, 0.3) is 0 Å². The lowest BCUT2D eigenvalue weighted by Gasteiger charge is -2.24. The number of ether oxygens (including phenoxy) is 1. The molecule has 0 aliphatic rings. The summed E-state index contributed by atoms with van der Waals surface area (Å²) < 4.78 is 10.5. The molecular formula is C18H23N3O5. The number of carbonyl (C=O) groups excluding carboxylic acids is 1. The van der Waals surface area contributed by atoms with Crippen molar-refractivity contribution >= 4 is 11.9 Å². The monoisotopic (exact) mass is 361 g/mol. The molecule has 1 aromatic carbocycles. The van der Waals surface area contributed by atoms with Crippen LogP contribution in [0.2, 0.25) is 0 Å². The predicted molar refractivity (Wildman–Crippen MR) is 92.8 cm³/mol. The van der Waals surface area contributed by atoms with Crippen molar-refractivity contribution in [3.05, 3.63) is 41.5 Å². The van der Waals surface area contributed by atoms with Gasteiger partial charge in [-0.05, 0) is 24.1 Å². The number of hydrogen-bond donors (Lipinski definition) is 1. The summed E-state index contributed by atoms with van der Waals surface area (Å²) in [5.74, 6) is 0.451. The van der Waals surface area contributed by atoms with E-state index in [4.69, 9.17) is 14.4 Å². The summed E-state index contributed by atoms with van der Waals surface area (Å²) >= 11 is 0.